The largest absolute Gasteiger partial charge is 0.343 e. The summed E-state index contributed by atoms with van der Waals surface area (Å²) in [4.78, 5) is 13.6. The van der Waals surface area contributed by atoms with Gasteiger partial charge in [0.05, 0.1) is 5.75 Å². The fourth-order valence-electron chi connectivity index (χ4n) is 1.59. The molecule has 0 saturated carbocycles. The lowest BCUT2D eigenvalue weighted by atomic mass is 10.3. The molecule has 6 nitrogen and oxygen atoms in total. The van der Waals surface area contributed by atoms with E-state index in [4.69, 9.17) is 5.84 Å². The van der Waals surface area contributed by atoms with Crippen LogP contribution in [0.25, 0.3) is 0 Å². The second-order valence-electron chi connectivity index (χ2n) is 3.87. The van der Waals surface area contributed by atoms with Gasteiger partial charge in [0.15, 0.2) is 5.82 Å². The third-order valence-corrected chi connectivity index (χ3v) is 3.58. The summed E-state index contributed by atoms with van der Waals surface area (Å²) in [6.07, 6.45) is 1.77. The van der Waals surface area contributed by atoms with Gasteiger partial charge in [-0.1, -0.05) is 18.7 Å². The molecule has 2 N–H and O–H groups in total. The lowest BCUT2D eigenvalue weighted by Gasteiger charge is -2.17. The van der Waals surface area contributed by atoms with Gasteiger partial charge in [-0.15, -0.1) is 10.2 Å². The van der Waals surface area contributed by atoms with Crippen molar-refractivity contribution in [3.05, 3.63) is 5.82 Å². The molecule has 102 valence electrons. The molecule has 0 bridgehead atoms. The molecule has 1 rings (SSSR count). The van der Waals surface area contributed by atoms with Gasteiger partial charge in [-0.2, -0.15) is 0 Å². The number of aryl methyl sites for hydroxylation is 1. The molecular formula is C11H21N5OS. The summed E-state index contributed by atoms with van der Waals surface area (Å²) in [6.45, 7) is 7.46. The van der Waals surface area contributed by atoms with Gasteiger partial charge in [0.2, 0.25) is 11.1 Å². The topological polar surface area (TPSA) is 77.0 Å². The molecule has 0 fully saturated rings. The summed E-state index contributed by atoms with van der Waals surface area (Å²) < 4.78 is 1.48. The Bertz CT molecular complexity index is 389. The molecular weight excluding hydrogens is 250 g/mol. The minimum absolute atomic E-state index is 0.102. The lowest BCUT2D eigenvalue weighted by Crippen LogP contribution is -2.32. The van der Waals surface area contributed by atoms with Crippen molar-refractivity contribution in [3.8, 4) is 0 Å². The van der Waals surface area contributed by atoms with Gasteiger partial charge < -0.3 is 10.7 Å². The fourth-order valence-corrected chi connectivity index (χ4v) is 2.37. The zero-order valence-electron chi connectivity index (χ0n) is 11.2. The highest BCUT2D eigenvalue weighted by molar-refractivity contribution is 7.99. The number of nitrogens with zero attached hydrogens (tertiary/aromatic N) is 4. The molecule has 0 radical (unpaired) electrons. The van der Waals surface area contributed by atoms with Crippen LogP contribution in [0.3, 0.4) is 0 Å². The molecule has 0 spiro atoms. The third kappa shape index (κ3) is 3.63. The van der Waals surface area contributed by atoms with E-state index < -0.39 is 0 Å². The first-order chi connectivity index (χ1) is 8.63. The molecule has 0 atom stereocenters. The highest BCUT2D eigenvalue weighted by atomic mass is 32.2. The summed E-state index contributed by atoms with van der Waals surface area (Å²) in [5.74, 6) is 7.07. The number of rotatable bonds is 7. The van der Waals surface area contributed by atoms with E-state index in [0.717, 1.165) is 31.8 Å². The highest BCUT2D eigenvalue weighted by Gasteiger charge is 2.14. The fraction of sp³-hybridized carbons (Fsp3) is 0.727. The Kier molecular flexibility index (Phi) is 5.97. The Balaban J connectivity index is 2.55. The molecule has 0 aliphatic carbocycles. The normalized spacial score (nSPS) is 10.6. The smallest absolute Gasteiger partial charge is 0.233 e. The van der Waals surface area contributed by atoms with E-state index in [9.17, 15) is 4.79 Å². The van der Waals surface area contributed by atoms with Crippen molar-refractivity contribution in [1.29, 1.82) is 0 Å². The van der Waals surface area contributed by atoms with Crippen molar-refractivity contribution >= 4 is 17.7 Å². The highest BCUT2D eigenvalue weighted by Crippen LogP contribution is 2.15. The van der Waals surface area contributed by atoms with Gasteiger partial charge in [0.1, 0.15) is 0 Å². The Morgan fingerprint density at radius 2 is 2.00 bits per heavy atom. The SMILES string of the molecule is CCCc1nnc(SCC(=O)N(CC)CC)n1N. The Labute approximate surface area is 112 Å². The third-order valence-electron chi connectivity index (χ3n) is 2.65. The number of thioether (sulfide) groups is 1. The van der Waals surface area contributed by atoms with Gasteiger partial charge in [0, 0.05) is 19.5 Å². The van der Waals surface area contributed by atoms with Crippen LogP contribution >= 0.6 is 11.8 Å². The quantitative estimate of drug-likeness (QED) is 0.589. The average molecular weight is 271 g/mol. The van der Waals surface area contributed by atoms with Gasteiger partial charge in [-0.05, 0) is 20.3 Å². The van der Waals surface area contributed by atoms with E-state index >= 15 is 0 Å². The zero-order valence-corrected chi connectivity index (χ0v) is 12.0. The zero-order chi connectivity index (χ0) is 13.5. The number of carbonyl (C=O) groups is 1. The van der Waals surface area contributed by atoms with Crippen LogP contribution in [0.2, 0.25) is 0 Å². The van der Waals surface area contributed by atoms with Crippen LogP contribution in [0.1, 0.15) is 33.0 Å². The Morgan fingerprint density at radius 3 is 2.56 bits per heavy atom. The first kappa shape index (κ1) is 14.8. The first-order valence-corrected chi connectivity index (χ1v) is 7.22. The van der Waals surface area contributed by atoms with Crippen LogP contribution < -0.4 is 5.84 Å². The van der Waals surface area contributed by atoms with Crippen molar-refractivity contribution in [3.63, 3.8) is 0 Å². The molecule has 7 heteroatoms. The van der Waals surface area contributed by atoms with Crippen molar-refractivity contribution in [2.75, 3.05) is 24.7 Å². The van der Waals surface area contributed by atoms with Crippen LogP contribution in [0.15, 0.2) is 5.16 Å². The molecule has 18 heavy (non-hydrogen) atoms. The summed E-state index contributed by atoms with van der Waals surface area (Å²) in [5, 5.41) is 8.60. The minimum Gasteiger partial charge on any atom is -0.343 e. The maximum atomic E-state index is 11.8. The van der Waals surface area contributed by atoms with E-state index in [1.54, 1.807) is 4.90 Å². The van der Waals surface area contributed by atoms with E-state index in [1.165, 1.54) is 16.4 Å². The standard InChI is InChI=1S/C11H21N5OS/c1-4-7-9-13-14-11(16(9)12)18-8-10(17)15(5-2)6-3/h4-8,12H2,1-3H3. The second-order valence-corrected chi connectivity index (χ2v) is 4.82. The molecule has 0 aliphatic heterocycles. The lowest BCUT2D eigenvalue weighted by molar-refractivity contribution is -0.127. The number of nitrogens with two attached hydrogens (primary N) is 1. The first-order valence-electron chi connectivity index (χ1n) is 6.23. The maximum Gasteiger partial charge on any atom is 0.233 e. The summed E-state index contributed by atoms with van der Waals surface area (Å²) >= 11 is 1.33. The number of nitrogen functional groups attached to an aromatic ring is 1. The Hall–Kier alpha value is -1.24. The van der Waals surface area contributed by atoms with E-state index in [-0.39, 0.29) is 5.91 Å². The van der Waals surface area contributed by atoms with Crippen LogP contribution in [0.5, 0.6) is 0 Å². The number of aromatic nitrogens is 3. The van der Waals surface area contributed by atoms with E-state index in [1.807, 2.05) is 13.8 Å². The summed E-state index contributed by atoms with van der Waals surface area (Å²) in [6, 6.07) is 0. The number of carbonyl (C=O) groups excluding carboxylic acids is 1. The van der Waals surface area contributed by atoms with E-state index in [2.05, 4.69) is 17.1 Å². The molecule has 0 saturated heterocycles. The number of hydrogen-bond acceptors (Lipinski definition) is 5. The van der Waals surface area contributed by atoms with Crippen LogP contribution in [-0.4, -0.2) is 44.5 Å². The number of hydrogen-bond donors (Lipinski definition) is 1. The average Bonchev–Trinajstić information content (AvgIpc) is 2.70. The predicted molar refractivity (Wildman–Crippen MR) is 72.8 cm³/mol. The number of amides is 1. The molecule has 0 aromatic carbocycles. The summed E-state index contributed by atoms with van der Waals surface area (Å²) in [7, 11) is 0. The summed E-state index contributed by atoms with van der Waals surface area (Å²) in [5.41, 5.74) is 0. The van der Waals surface area contributed by atoms with Crippen molar-refractivity contribution in [2.45, 2.75) is 38.8 Å². The maximum absolute atomic E-state index is 11.8. The van der Waals surface area contributed by atoms with Crippen molar-refractivity contribution in [2.24, 2.45) is 0 Å². The Morgan fingerprint density at radius 1 is 1.33 bits per heavy atom. The van der Waals surface area contributed by atoms with E-state index in [0.29, 0.717) is 10.9 Å². The molecule has 1 aromatic heterocycles. The van der Waals surface area contributed by atoms with Crippen LogP contribution in [0, 0.1) is 0 Å². The minimum atomic E-state index is 0.102. The second kappa shape index (κ2) is 7.25. The van der Waals surface area contributed by atoms with Crippen LogP contribution in [0.4, 0.5) is 0 Å². The van der Waals surface area contributed by atoms with Gasteiger partial charge >= 0.3 is 0 Å². The predicted octanol–water partition coefficient (Wildman–Crippen LogP) is 0.905. The molecule has 1 aromatic rings. The van der Waals surface area contributed by atoms with Gasteiger partial charge in [0.25, 0.3) is 0 Å². The molecule has 1 heterocycles. The molecule has 0 unspecified atom stereocenters. The van der Waals surface area contributed by atoms with Gasteiger partial charge in [-0.3, -0.25) is 4.79 Å². The molecule has 1 amide bonds. The van der Waals surface area contributed by atoms with Crippen molar-refractivity contribution in [1.82, 2.24) is 19.8 Å². The molecule has 0 aliphatic rings. The van der Waals surface area contributed by atoms with Crippen molar-refractivity contribution < 1.29 is 4.79 Å². The monoisotopic (exact) mass is 271 g/mol. The van der Waals surface area contributed by atoms with Gasteiger partial charge in [-0.25, -0.2) is 4.68 Å². The van der Waals surface area contributed by atoms with Crippen LogP contribution in [-0.2, 0) is 11.2 Å².